The summed E-state index contributed by atoms with van der Waals surface area (Å²) in [6.45, 7) is 0.650. The number of nitrogens with one attached hydrogen (secondary N) is 2. The fraction of sp³-hybridized carbons (Fsp3) is 0.304. The number of benzene rings is 1. The van der Waals surface area contributed by atoms with Gasteiger partial charge in [0.2, 0.25) is 11.9 Å². The van der Waals surface area contributed by atoms with Crippen LogP contribution in [-0.4, -0.2) is 79.4 Å². The predicted molar refractivity (Wildman–Crippen MR) is 125 cm³/mol. The number of aromatic nitrogens is 6. The average molecular weight is 475 g/mol. The van der Waals surface area contributed by atoms with E-state index in [0.717, 1.165) is 12.8 Å². The van der Waals surface area contributed by atoms with Gasteiger partial charge < -0.3 is 15.1 Å². The molecule has 3 aromatic heterocycles. The molecule has 2 aliphatic heterocycles. The zero-order valence-electron chi connectivity index (χ0n) is 19.1. The molecule has 2 amide bonds. The van der Waals surface area contributed by atoms with Gasteiger partial charge in [0.15, 0.2) is 0 Å². The van der Waals surface area contributed by atoms with Crippen LogP contribution in [0.25, 0.3) is 28.0 Å². The molecule has 2 N–H and O–H groups in total. The molecule has 11 nitrogen and oxygen atoms in total. The molecule has 2 unspecified atom stereocenters. The maximum absolute atomic E-state index is 14.4. The summed E-state index contributed by atoms with van der Waals surface area (Å²) in [6.07, 6.45) is 6.71. The van der Waals surface area contributed by atoms with Gasteiger partial charge in [-0.15, -0.1) is 0 Å². The Labute approximate surface area is 199 Å². The van der Waals surface area contributed by atoms with Gasteiger partial charge in [-0.1, -0.05) is 0 Å². The average Bonchev–Trinajstić information content (AvgIpc) is 3.58. The lowest BCUT2D eigenvalue weighted by molar-refractivity contribution is -0.132. The van der Waals surface area contributed by atoms with Gasteiger partial charge >= 0.3 is 0 Å². The molecule has 0 aliphatic carbocycles. The number of halogens is 1. The van der Waals surface area contributed by atoms with Crippen molar-refractivity contribution in [1.82, 2.24) is 40.2 Å². The maximum atomic E-state index is 14.4. The summed E-state index contributed by atoms with van der Waals surface area (Å²) in [5.74, 6) is -0.541. The smallest absolute Gasteiger partial charge is 0.253 e. The summed E-state index contributed by atoms with van der Waals surface area (Å²) in [6, 6.07) is 4.23. The van der Waals surface area contributed by atoms with Gasteiger partial charge in [-0.25, -0.2) is 19.0 Å². The van der Waals surface area contributed by atoms with Crippen molar-refractivity contribution >= 4 is 28.8 Å². The summed E-state index contributed by atoms with van der Waals surface area (Å²) in [4.78, 5) is 37.5. The van der Waals surface area contributed by atoms with Gasteiger partial charge in [-0.2, -0.15) is 10.2 Å². The normalized spacial score (nSPS) is 19.6. The van der Waals surface area contributed by atoms with E-state index in [1.807, 2.05) is 11.9 Å². The van der Waals surface area contributed by atoms with Crippen molar-refractivity contribution in [3.8, 4) is 16.9 Å². The van der Waals surface area contributed by atoms with E-state index in [-0.39, 0.29) is 23.6 Å². The minimum atomic E-state index is -0.641. The van der Waals surface area contributed by atoms with Crippen molar-refractivity contribution < 1.29 is 14.0 Å². The van der Waals surface area contributed by atoms with Crippen LogP contribution >= 0.6 is 0 Å². The highest BCUT2D eigenvalue weighted by Crippen LogP contribution is 2.34. The second-order valence-corrected chi connectivity index (χ2v) is 8.79. The lowest BCUT2D eigenvalue weighted by Gasteiger charge is -2.38. The standard InChI is InChI=1S/C23H22FN9O2/c1-25-21(34)15-5-3-13(7-16(15)24)32-10-12(8-27-32)19-20-17(29-30-19)9-26-23(28-20)33-14-4-6-18(33)22(35)31(2)11-14/h3,5,7-10,14,18H,4,6,11H2,1-2H3,(H,25,34)(H,29,30). The largest absolute Gasteiger partial charge is 0.355 e. The van der Waals surface area contributed by atoms with Crippen molar-refractivity contribution in [3.05, 3.63) is 48.2 Å². The minimum absolute atomic E-state index is 0.0393. The van der Waals surface area contributed by atoms with Crippen LogP contribution in [0, 0.1) is 5.82 Å². The number of likely N-dealkylation sites (N-methyl/N-ethyl adjacent to an activating group) is 1. The molecule has 5 heterocycles. The second-order valence-electron chi connectivity index (χ2n) is 8.79. The fourth-order valence-corrected chi connectivity index (χ4v) is 4.95. The summed E-state index contributed by atoms with van der Waals surface area (Å²) < 4.78 is 15.9. The van der Waals surface area contributed by atoms with Crippen molar-refractivity contribution in [2.45, 2.75) is 24.9 Å². The lowest BCUT2D eigenvalue weighted by Crippen LogP contribution is -2.56. The van der Waals surface area contributed by atoms with Crippen LogP contribution in [0.3, 0.4) is 0 Å². The number of amides is 2. The molecule has 178 valence electrons. The first-order valence-electron chi connectivity index (χ1n) is 11.3. The maximum Gasteiger partial charge on any atom is 0.253 e. The molecule has 6 rings (SSSR count). The molecule has 2 atom stereocenters. The molecule has 0 spiro atoms. The minimum Gasteiger partial charge on any atom is -0.355 e. The highest BCUT2D eigenvalue weighted by molar-refractivity contribution is 5.94. The Kier molecular flexibility index (Phi) is 4.76. The summed E-state index contributed by atoms with van der Waals surface area (Å²) in [7, 11) is 3.28. The molecule has 0 saturated carbocycles. The van der Waals surface area contributed by atoms with E-state index < -0.39 is 11.7 Å². The Morgan fingerprint density at radius 3 is 2.91 bits per heavy atom. The van der Waals surface area contributed by atoms with Gasteiger partial charge in [-0.05, 0) is 25.0 Å². The molecule has 2 bridgehead atoms. The summed E-state index contributed by atoms with van der Waals surface area (Å²) in [5.41, 5.74) is 2.94. The number of hydrogen-bond acceptors (Lipinski definition) is 7. The number of hydrogen-bond donors (Lipinski definition) is 2. The van der Waals surface area contributed by atoms with E-state index in [2.05, 4.69) is 25.6 Å². The molecule has 35 heavy (non-hydrogen) atoms. The van der Waals surface area contributed by atoms with E-state index in [1.54, 1.807) is 29.6 Å². The van der Waals surface area contributed by atoms with Crippen LogP contribution in [-0.2, 0) is 4.79 Å². The van der Waals surface area contributed by atoms with Crippen LogP contribution in [0.1, 0.15) is 23.2 Å². The Hall–Kier alpha value is -4.35. The van der Waals surface area contributed by atoms with Crippen LogP contribution in [0.5, 0.6) is 0 Å². The van der Waals surface area contributed by atoms with E-state index in [9.17, 15) is 14.0 Å². The number of rotatable bonds is 4. The number of likely N-dealkylation sites (tertiary alicyclic amines) is 1. The van der Waals surface area contributed by atoms with Gasteiger partial charge in [0, 0.05) is 38.5 Å². The number of carbonyl (C=O) groups is 2. The predicted octanol–water partition coefficient (Wildman–Crippen LogP) is 1.51. The van der Waals surface area contributed by atoms with Crippen molar-refractivity contribution in [1.29, 1.82) is 0 Å². The molecule has 2 aliphatic rings. The van der Waals surface area contributed by atoms with Crippen molar-refractivity contribution in [3.63, 3.8) is 0 Å². The molecule has 1 aromatic carbocycles. The first-order chi connectivity index (χ1) is 16.9. The Morgan fingerprint density at radius 1 is 1.26 bits per heavy atom. The zero-order valence-corrected chi connectivity index (χ0v) is 19.1. The third kappa shape index (κ3) is 3.32. The fourth-order valence-electron chi connectivity index (χ4n) is 4.95. The van der Waals surface area contributed by atoms with Crippen LogP contribution in [0.4, 0.5) is 10.3 Å². The highest BCUT2D eigenvalue weighted by Gasteiger charge is 2.45. The summed E-state index contributed by atoms with van der Waals surface area (Å²) in [5, 5.41) is 14.1. The number of anilines is 1. The molecule has 0 radical (unpaired) electrons. The SMILES string of the molecule is CNC(=O)c1ccc(-n2cc(-c3n[nH]c4cnc(N5C6CCC5C(=O)N(C)C6)nc34)cn2)cc1F. The van der Waals surface area contributed by atoms with Crippen LogP contribution in [0.15, 0.2) is 36.8 Å². The molecule has 2 fully saturated rings. The van der Waals surface area contributed by atoms with Gasteiger partial charge in [0.05, 0.1) is 29.7 Å². The first kappa shape index (κ1) is 21.2. The Bertz CT molecular complexity index is 1480. The molecule has 4 aromatic rings. The number of nitrogens with zero attached hydrogens (tertiary/aromatic N) is 7. The Morgan fingerprint density at radius 2 is 2.11 bits per heavy atom. The van der Waals surface area contributed by atoms with E-state index in [4.69, 9.17) is 4.98 Å². The Balaban J connectivity index is 1.34. The highest BCUT2D eigenvalue weighted by atomic mass is 19.1. The monoisotopic (exact) mass is 475 g/mol. The number of fused-ring (bicyclic) bond motifs is 3. The van der Waals surface area contributed by atoms with Crippen molar-refractivity contribution in [2.24, 2.45) is 0 Å². The van der Waals surface area contributed by atoms with E-state index in [1.165, 1.54) is 23.9 Å². The van der Waals surface area contributed by atoms with Gasteiger partial charge in [0.1, 0.15) is 28.6 Å². The summed E-state index contributed by atoms with van der Waals surface area (Å²) >= 11 is 0. The van der Waals surface area contributed by atoms with E-state index in [0.29, 0.717) is 40.5 Å². The number of piperazine rings is 1. The molecular weight excluding hydrogens is 453 g/mol. The lowest BCUT2D eigenvalue weighted by atomic mass is 10.2. The first-order valence-corrected chi connectivity index (χ1v) is 11.3. The van der Waals surface area contributed by atoms with Crippen LogP contribution in [0.2, 0.25) is 0 Å². The quantitative estimate of drug-likeness (QED) is 0.458. The molecule has 12 heteroatoms. The number of H-pyrrole nitrogens is 1. The van der Waals surface area contributed by atoms with Gasteiger partial charge in [-0.3, -0.25) is 14.7 Å². The second kappa shape index (κ2) is 7.86. The number of carbonyl (C=O) groups excluding carboxylic acids is 2. The molecular formula is C23H22FN9O2. The third-order valence-corrected chi connectivity index (χ3v) is 6.71. The van der Waals surface area contributed by atoms with Crippen LogP contribution < -0.4 is 10.2 Å². The molecule has 2 saturated heterocycles. The number of aromatic amines is 1. The van der Waals surface area contributed by atoms with Gasteiger partial charge in [0.25, 0.3) is 5.91 Å². The van der Waals surface area contributed by atoms with E-state index >= 15 is 0 Å². The third-order valence-electron chi connectivity index (χ3n) is 6.71. The topological polar surface area (TPSA) is 125 Å². The van der Waals surface area contributed by atoms with Crippen molar-refractivity contribution in [2.75, 3.05) is 25.5 Å². The zero-order chi connectivity index (χ0) is 24.3.